The van der Waals surface area contributed by atoms with Gasteiger partial charge in [-0.3, -0.25) is 4.79 Å². The Balaban J connectivity index is 1.41. The molecule has 54 heavy (non-hydrogen) atoms. The molecule has 3 fully saturated rings. The van der Waals surface area contributed by atoms with Crippen molar-refractivity contribution in [1.29, 1.82) is 0 Å². The first-order valence-electron chi connectivity index (χ1n) is 16.8. The van der Waals surface area contributed by atoms with Gasteiger partial charge in [0.1, 0.15) is 77.4 Å². The van der Waals surface area contributed by atoms with Gasteiger partial charge in [-0.25, -0.2) is 0 Å². The van der Waals surface area contributed by atoms with E-state index < -0.39 is 138 Å². The van der Waals surface area contributed by atoms with Crippen molar-refractivity contribution in [2.45, 2.75) is 106 Å². The molecule has 0 radical (unpaired) electrons. The van der Waals surface area contributed by atoms with Crippen molar-refractivity contribution in [1.82, 2.24) is 0 Å². The van der Waals surface area contributed by atoms with Crippen LogP contribution in [-0.2, 0) is 23.7 Å². The Morgan fingerprint density at radius 3 is 1.94 bits per heavy atom. The molecule has 0 aliphatic carbocycles. The van der Waals surface area contributed by atoms with Crippen LogP contribution in [0.25, 0.3) is 22.3 Å². The highest BCUT2D eigenvalue weighted by Crippen LogP contribution is 2.40. The zero-order valence-electron chi connectivity index (χ0n) is 28.8. The van der Waals surface area contributed by atoms with Gasteiger partial charge in [-0.2, -0.15) is 0 Å². The molecule has 3 aliphatic heterocycles. The minimum atomic E-state index is -2.03. The molecule has 6 rings (SSSR count). The van der Waals surface area contributed by atoms with Gasteiger partial charge in [-0.05, 0) is 32.0 Å². The lowest BCUT2D eigenvalue weighted by Crippen LogP contribution is -2.65. The Hall–Kier alpha value is -3.87. The number of fused-ring (bicyclic) bond motifs is 1. The predicted octanol–water partition coefficient (Wildman–Crippen LogP) is -2.53. The number of methoxy groups -OCH3 is 1. The molecule has 11 N–H and O–H groups in total. The van der Waals surface area contributed by atoms with Crippen LogP contribution in [0.3, 0.4) is 0 Å². The Bertz CT molecular complexity index is 1850. The van der Waals surface area contributed by atoms with Crippen molar-refractivity contribution in [3.63, 3.8) is 0 Å². The van der Waals surface area contributed by atoms with Crippen molar-refractivity contribution in [2.75, 3.05) is 13.7 Å². The average Bonchev–Trinajstić information content (AvgIpc) is 3.13. The van der Waals surface area contributed by atoms with Crippen molar-refractivity contribution < 1.29 is 93.7 Å². The van der Waals surface area contributed by atoms with E-state index in [0.717, 1.165) is 18.2 Å². The van der Waals surface area contributed by atoms with Crippen LogP contribution in [0.5, 0.6) is 28.7 Å². The summed E-state index contributed by atoms with van der Waals surface area (Å²) in [6, 6.07) is 5.73. The average molecular weight is 771 g/mol. The van der Waals surface area contributed by atoms with Gasteiger partial charge in [0.2, 0.25) is 17.5 Å². The van der Waals surface area contributed by atoms with E-state index in [2.05, 4.69) is 0 Å². The molecule has 0 bridgehead atoms. The van der Waals surface area contributed by atoms with Gasteiger partial charge in [0, 0.05) is 17.7 Å². The summed E-state index contributed by atoms with van der Waals surface area (Å²) in [6.07, 6.45) is -25.0. The summed E-state index contributed by atoms with van der Waals surface area (Å²) >= 11 is 0. The van der Waals surface area contributed by atoms with Crippen molar-refractivity contribution in [2.24, 2.45) is 0 Å². The standard InChI is InChI=1S/C34H42O20/c1-10-20(38)24(42)27(45)32(49-10)48-9-18-22(40)26(44)31(54-33-28(46)25(43)21(39)11(2)50-33)34(52-18)53-30-23(41)19-15(37)7-13(35)8-17(19)51-29(30)12-4-5-16(47-3)14(36)6-12/h4-8,10-11,18,20-22,24-28,31-40,42-46H,9H2,1-3H3/t10-,11-,18+,20-,21-,22+,24+,25+,26-,27+,28+,31+,32+,33+,34-/m0/s1. The van der Waals surface area contributed by atoms with Crippen LogP contribution in [-0.4, -0.2) is 162 Å². The summed E-state index contributed by atoms with van der Waals surface area (Å²) in [5.74, 6) is -2.68. The van der Waals surface area contributed by atoms with Crippen molar-refractivity contribution >= 4 is 11.0 Å². The first-order chi connectivity index (χ1) is 25.5. The van der Waals surface area contributed by atoms with E-state index in [9.17, 15) is 61.0 Å². The highest BCUT2D eigenvalue weighted by Gasteiger charge is 2.52. The molecule has 0 spiro atoms. The largest absolute Gasteiger partial charge is 0.508 e. The first-order valence-corrected chi connectivity index (χ1v) is 16.8. The van der Waals surface area contributed by atoms with E-state index >= 15 is 0 Å². The predicted molar refractivity (Wildman–Crippen MR) is 176 cm³/mol. The van der Waals surface area contributed by atoms with E-state index in [0.29, 0.717) is 0 Å². The van der Waals surface area contributed by atoms with Crippen LogP contribution in [0.2, 0.25) is 0 Å². The molecule has 3 aliphatic rings. The van der Waals surface area contributed by atoms with Gasteiger partial charge >= 0.3 is 0 Å². The maximum Gasteiger partial charge on any atom is 0.239 e. The Morgan fingerprint density at radius 2 is 1.31 bits per heavy atom. The number of phenolic OH excluding ortho intramolecular Hbond substituents is 3. The second-order valence-electron chi connectivity index (χ2n) is 13.3. The van der Waals surface area contributed by atoms with Crippen molar-refractivity contribution in [3.05, 3.63) is 40.6 Å². The van der Waals surface area contributed by atoms with Crippen LogP contribution >= 0.6 is 0 Å². The monoisotopic (exact) mass is 770 g/mol. The Morgan fingerprint density at radius 1 is 0.685 bits per heavy atom. The SMILES string of the molecule is COc1ccc(-c2oc3cc(O)cc(O)c3c(=O)c2O[C@@H]2O[C@H](CO[C@@H]3O[C@@H](C)[C@H](O)[C@@H](O)[C@H]3O)[C@@H](O)[C@H](O)[C@H]2O[C@H]2O[C@@H](C)[C@H](O)[C@@H](O)[C@H]2O)cc1O. The zero-order valence-corrected chi connectivity index (χ0v) is 28.8. The number of aliphatic hydroxyl groups is 8. The van der Waals surface area contributed by atoms with Crippen LogP contribution < -0.4 is 14.9 Å². The Kier molecular flexibility index (Phi) is 11.6. The minimum Gasteiger partial charge on any atom is -0.508 e. The maximum absolute atomic E-state index is 14.1. The fourth-order valence-electron chi connectivity index (χ4n) is 6.42. The zero-order chi connectivity index (χ0) is 39.3. The molecule has 15 atom stereocenters. The summed E-state index contributed by atoms with van der Waals surface area (Å²) in [6.45, 7) is 2.09. The lowest BCUT2D eigenvalue weighted by Gasteiger charge is -2.46. The molecular weight excluding hydrogens is 728 g/mol. The van der Waals surface area contributed by atoms with E-state index in [1.165, 1.54) is 33.1 Å². The number of aliphatic hydroxyl groups excluding tert-OH is 8. The van der Waals surface area contributed by atoms with E-state index in [4.69, 9.17) is 37.6 Å². The molecular formula is C34H42O20. The second-order valence-corrected chi connectivity index (χ2v) is 13.3. The summed E-state index contributed by atoms with van der Waals surface area (Å²) in [5.41, 5.74) is -1.38. The molecule has 0 unspecified atom stereocenters. The number of aromatic hydroxyl groups is 3. The van der Waals surface area contributed by atoms with Gasteiger partial charge in [0.15, 0.2) is 35.9 Å². The maximum atomic E-state index is 14.1. The number of hydrogen-bond donors (Lipinski definition) is 11. The highest BCUT2D eigenvalue weighted by atomic mass is 16.8. The third kappa shape index (κ3) is 7.41. The third-order valence-electron chi connectivity index (χ3n) is 9.57. The van der Waals surface area contributed by atoms with Gasteiger partial charge in [0.05, 0.1) is 25.9 Å². The minimum absolute atomic E-state index is 0.00542. The number of hydrogen-bond acceptors (Lipinski definition) is 20. The van der Waals surface area contributed by atoms with Crippen molar-refractivity contribution in [3.8, 4) is 40.1 Å². The molecule has 0 saturated carbocycles. The van der Waals surface area contributed by atoms with Crippen LogP contribution in [0.1, 0.15) is 13.8 Å². The molecule has 3 aromatic rings. The molecule has 4 heterocycles. The summed E-state index contributed by atoms with van der Waals surface area (Å²) in [5, 5.41) is 116. The number of phenols is 3. The van der Waals surface area contributed by atoms with Gasteiger partial charge in [-0.1, -0.05) is 0 Å². The quantitative estimate of drug-likeness (QED) is 0.107. The summed E-state index contributed by atoms with van der Waals surface area (Å²) < 4.78 is 45.4. The van der Waals surface area contributed by atoms with Crippen LogP contribution in [0, 0.1) is 0 Å². The lowest BCUT2D eigenvalue weighted by molar-refractivity contribution is -0.360. The summed E-state index contributed by atoms with van der Waals surface area (Å²) in [4.78, 5) is 14.1. The second kappa shape index (κ2) is 15.7. The lowest BCUT2D eigenvalue weighted by atomic mass is 9.97. The van der Waals surface area contributed by atoms with Crippen LogP contribution in [0.4, 0.5) is 0 Å². The smallest absolute Gasteiger partial charge is 0.239 e. The fraction of sp³-hybridized carbons (Fsp3) is 0.559. The van der Waals surface area contributed by atoms with E-state index in [1.807, 2.05) is 0 Å². The van der Waals surface area contributed by atoms with Gasteiger partial charge < -0.3 is 93.7 Å². The summed E-state index contributed by atoms with van der Waals surface area (Å²) in [7, 11) is 1.30. The van der Waals surface area contributed by atoms with Gasteiger partial charge in [-0.15, -0.1) is 0 Å². The number of ether oxygens (including phenoxy) is 7. The van der Waals surface area contributed by atoms with E-state index in [-0.39, 0.29) is 16.9 Å². The topological polar surface area (TPSA) is 317 Å². The number of benzene rings is 2. The molecule has 1 aromatic heterocycles. The molecule has 0 amide bonds. The third-order valence-corrected chi connectivity index (χ3v) is 9.57. The van der Waals surface area contributed by atoms with Gasteiger partial charge in [0.25, 0.3) is 0 Å². The number of rotatable bonds is 9. The molecule has 2 aromatic carbocycles. The van der Waals surface area contributed by atoms with Crippen LogP contribution in [0.15, 0.2) is 39.5 Å². The molecule has 3 saturated heterocycles. The first kappa shape index (κ1) is 39.8. The van der Waals surface area contributed by atoms with E-state index in [1.54, 1.807) is 0 Å². The fourth-order valence-corrected chi connectivity index (χ4v) is 6.42. The molecule has 298 valence electrons. The Labute approximate surface area is 305 Å². The normalized spacial score (nSPS) is 37.3. The molecule has 20 heteroatoms. The highest BCUT2D eigenvalue weighted by molar-refractivity contribution is 5.88. The molecule has 20 nitrogen and oxygen atoms in total.